The molecule has 1 aromatic carbocycles. The third-order valence-corrected chi connectivity index (χ3v) is 7.57. The molecule has 3 aliphatic rings. The van der Waals surface area contributed by atoms with Crippen LogP contribution in [0.15, 0.2) is 30.3 Å². The molecule has 2 saturated heterocycles. The predicted molar refractivity (Wildman–Crippen MR) is 139 cm³/mol. The molecule has 1 aromatic rings. The lowest BCUT2D eigenvalue weighted by Gasteiger charge is -2.54. The Bertz CT molecular complexity index is 947. The Hall–Kier alpha value is -2.65. The van der Waals surface area contributed by atoms with E-state index in [-0.39, 0.29) is 48.9 Å². The molecule has 1 aliphatic carbocycles. The highest BCUT2D eigenvalue weighted by Gasteiger charge is 2.54. The SMILES string of the molecule is CC(C)C[C@H]1ON(C(=O)OCc2ccccc2)[C@H]2CN(C3CCC(N)CC3)C(=O)[C@H](CC(C)C)N2C1=O. The highest BCUT2D eigenvalue weighted by molar-refractivity contribution is 5.92. The fourth-order valence-corrected chi connectivity index (χ4v) is 5.70. The molecule has 0 bridgehead atoms. The van der Waals surface area contributed by atoms with E-state index in [9.17, 15) is 14.4 Å². The molecular formula is C28H42N4O5. The molecule has 0 radical (unpaired) electrons. The number of carbonyl (C=O) groups is 3. The number of piperazine rings is 1. The van der Waals surface area contributed by atoms with Gasteiger partial charge in [0.2, 0.25) is 5.91 Å². The van der Waals surface area contributed by atoms with E-state index in [1.54, 1.807) is 4.90 Å². The minimum Gasteiger partial charge on any atom is -0.443 e. The molecule has 4 rings (SSSR count). The van der Waals surface area contributed by atoms with Crippen LogP contribution in [-0.2, 0) is 25.8 Å². The minimum absolute atomic E-state index is 0.0368. The van der Waals surface area contributed by atoms with Crippen LogP contribution in [0.5, 0.6) is 0 Å². The second-order valence-corrected chi connectivity index (χ2v) is 11.5. The monoisotopic (exact) mass is 514 g/mol. The average Bonchev–Trinajstić information content (AvgIpc) is 2.86. The number of hydrogen-bond acceptors (Lipinski definition) is 6. The number of hydrogen-bond donors (Lipinski definition) is 1. The second-order valence-electron chi connectivity index (χ2n) is 11.5. The Labute approximate surface area is 220 Å². The van der Waals surface area contributed by atoms with Gasteiger partial charge >= 0.3 is 6.09 Å². The van der Waals surface area contributed by atoms with Crippen molar-refractivity contribution in [2.75, 3.05) is 6.54 Å². The van der Waals surface area contributed by atoms with Gasteiger partial charge in [0.15, 0.2) is 12.3 Å². The standard InChI is InChI=1S/C28H42N4O5/c1-18(2)14-23-26(33)30(22-12-10-21(29)11-13-22)16-25-31(23)27(34)24(15-19(3)4)37-32(25)28(35)36-17-20-8-6-5-7-9-20/h5-9,18-19,21-25H,10-17,29H2,1-4H3/t21?,22?,23-,24+,25-/m0/s1. The Balaban J connectivity index is 1.64. The predicted octanol–water partition coefficient (Wildman–Crippen LogP) is 3.67. The number of hydroxylamine groups is 2. The summed E-state index contributed by atoms with van der Waals surface area (Å²) in [6.45, 7) is 8.39. The summed E-state index contributed by atoms with van der Waals surface area (Å²) in [7, 11) is 0. The number of ether oxygens (including phenoxy) is 1. The molecule has 3 amide bonds. The zero-order valence-corrected chi connectivity index (χ0v) is 22.5. The van der Waals surface area contributed by atoms with Gasteiger partial charge in [-0.2, -0.15) is 5.06 Å². The summed E-state index contributed by atoms with van der Waals surface area (Å²) in [5.41, 5.74) is 6.99. The first-order chi connectivity index (χ1) is 17.7. The van der Waals surface area contributed by atoms with Crippen LogP contribution in [0.25, 0.3) is 0 Å². The van der Waals surface area contributed by atoms with Crippen molar-refractivity contribution in [3.63, 3.8) is 0 Å². The quantitative estimate of drug-likeness (QED) is 0.595. The van der Waals surface area contributed by atoms with Crippen LogP contribution in [0.2, 0.25) is 0 Å². The summed E-state index contributed by atoms with van der Waals surface area (Å²) < 4.78 is 5.65. The summed E-state index contributed by atoms with van der Waals surface area (Å²) in [5.74, 6) is 0.0865. The van der Waals surface area contributed by atoms with Crippen LogP contribution in [0.3, 0.4) is 0 Å². The van der Waals surface area contributed by atoms with Gasteiger partial charge < -0.3 is 20.3 Å². The van der Waals surface area contributed by atoms with Gasteiger partial charge in [-0.05, 0) is 55.9 Å². The van der Waals surface area contributed by atoms with Crippen molar-refractivity contribution < 1.29 is 24.0 Å². The fraction of sp³-hybridized carbons (Fsp3) is 0.679. The van der Waals surface area contributed by atoms with E-state index in [2.05, 4.69) is 0 Å². The molecule has 0 aromatic heterocycles. The smallest absolute Gasteiger partial charge is 0.436 e. The van der Waals surface area contributed by atoms with Gasteiger partial charge in [0.1, 0.15) is 12.6 Å². The summed E-state index contributed by atoms with van der Waals surface area (Å²) in [6.07, 6.45) is 2.07. The molecule has 2 aliphatic heterocycles. The number of benzene rings is 1. The van der Waals surface area contributed by atoms with Gasteiger partial charge in [-0.3, -0.25) is 14.4 Å². The summed E-state index contributed by atoms with van der Waals surface area (Å²) >= 11 is 0. The number of fused-ring (bicyclic) bond motifs is 1. The first-order valence-electron chi connectivity index (χ1n) is 13.7. The summed E-state index contributed by atoms with van der Waals surface area (Å²) in [6, 6.07) is 8.98. The van der Waals surface area contributed by atoms with E-state index in [0.29, 0.717) is 12.8 Å². The zero-order chi connectivity index (χ0) is 26.7. The van der Waals surface area contributed by atoms with Crippen LogP contribution < -0.4 is 5.73 Å². The van der Waals surface area contributed by atoms with Crippen molar-refractivity contribution in [3.05, 3.63) is 35.9 Å². The van der Waals surface area contributed by atoms with E-state index in [1.807, 2.05) is 62.9 Å². The zero-order valence-electron chi connectivity index (χ0n) is 22.5. The van der Waals surface area contributed by atoms with Crippen molar-refractivity contribution in [3.8, 4) is 0 Å². The number of amides is 3. The largest absolute Gasteiger partial charge is 0.443 e. The number of nitrogens with zero attached hydrogens (tertiary/aromatic N) is 3. The van der Waals surface area contributed by atoms with Crippen LogP contribution in [0.4, 0.5) is 4.79 Å². The van der Waals surface area contributed by atoms with Crippen molar-refractivity contribution >= 4 is 17.9 Å². The Kier molecular flexibility index (Phi) is 8.75. The summed E-state index contributed by atoms with van der Waals surface area (Å²) in [4.78, 5) is 50.6. The number of carbonyl (C=O) groups excluding carboxylic acids is 3. The van der Waals surface area contributed by atoms with Crippen molar-refractivity contribution in [1.82, 2.24) is 14.9 Å². The molecule has 0 unspecified atom stereocenters. The van der Waals surface area contributed by atoms with Gasteiger partial charge in [-0.1, -0.05) is 58.0 Å². The topological polar surface area (TPSA) is 105 Å². The molecule has 0 spiro atoms. The van der Waals surface area contributed by atoms with Crippen LogP contribution in [0, 0.1) is 11.8 Å². The molecule has 3 fully saturated rings. The van der Waals surface area contributed by atoms with E-state index >= 15 is 0 Å². The van der Waals surface area contributed by atoms with E-state index in [1.165, 1.54) is 5.06 Å². The highest BCUT2D eigenvalue weighted by atomic mass is 16.7. The Morgan fingerprint density at radius 1 is 1.00 bits per heavy atom. The van der Waals surface area contributed by atoms with Gasteiger partial charge in [0, 0.05) is 12.1 Å². The second kappa shape index (κ2) is 11.8. The lowest BCUT2D eigenvalue weighted by molar-refractivity contribution is -0.270. The molecule has 9 nitrogen and oxygen atoms in total. The maximum Gasteiger partial charge on any atom is 0.436 e. The fourth-order valence-electron chi connectivity index (χ4n) is 5.70. The molecule has 2 N–H and O–H groups in total. The first-order valence-corrected chi connectivity index (χ1v) is 13.7. The maximum absolute atomic E-state index is 13.9. The van der Waals surface area contributed by atoms with Gasteiger partial charge in [-0.15, -0.1) is 0 Å². The van der Waals surface area contributed by atoms with Gasteiger partial charge in [0.25, 0.3) is 5.91 Å². The van der Waals surface area contributed by atoms with E-state index < -0.39 is 24.4 Å². The van der Waals surface area contributed by atoms with Crippen LogP contribution in [0.1, 0.15) is 71.8 Å². The maximum atomic E-state index is 13.9. The van der Waals surface area contributed by atoms with Gasteiger partial charge in [-0.25, -0.2) is 4.79 Å². The Morgan fingerprint density at radius 2 is 1.65 bits per heavy atom. The normalized spacial score (nSPS) is 28.6. The molecule has 204 valence electrons. The third kappa shape index (κ3) is 6.26. The minimum atomic E-state index is -0.845. The van der Waals surface area contributed by atoms with Crippen molar-refractivity contribution in [2.45, 2.75) is 103 Å². The van der Waals surface area contributed by atoms with Crippen molar-refractivity contribution in [2.24, 2.45) is 17.6 Å². The number of rotatable bonds is 7. The molecule has 9 heteroatoms. The molecule has 37 heavy (non-hydrogen) atoms. The molecule has 3 atom stereocenters. The third-order valence-electron chi connectivity index (χ3n) is 7.57. The molecule has 1 saturated carbocycles. The van der Waals surface area contributed by atoms with E-state index in [4.69, 9.17) is 15.3 Å². The average molecular weight is 515 g/mol. The lowest BCUT2D eigenvalue weighted by atomic mass is 9.88. The first kappa shape index (κ1) is 27.4. The summed E-state index contributed by atoms with van der Waals surface area (Å²) in [5, 5.41) is 1.22. The lowest BCUT2D eigenvalue weighted by Crippen LogP contribution is -2.74. The van der Waals surface area contributed by atoms with Crippen LogP contribution in [-0.4, -0.2) is 69.7 Å². The van der Waals surface area contributed by atoms with Gasteiger partial charge in [0.05, 0.1) is 6.54 Å². The Morgan fingerprint density at radius 3 is 2.27 bits per heavy atom. The van der Waals surface area contributed by atoms with Crippen LogP contribution >= 0.6 is 0 Å². The van der Waals surface area contributed by atoms with Crippen molar-refractivity contribution in [1.29, 1.82) is 0 Å². The molecular weight excluding hydrogens is 472 g/mol. The highest BCUT2D eigenvalue weighted by Crippen LogP contribution is 2.35. The number of nitrogens with two attached hydrogens (primary N) is 1. The molecule has 2 heterocycles. The van der Waals surface area contributed by atoms with E-state index in [0.717, 1.165) is 31.2 Å².